The lowest BCUT2D eigenvalue weighted by Gasteiger charge is -2.12. The van der Waals surface area contributed by atoms with Gasteiger partial charge in [0, 0.05) is 5.56 Å². The second-order valence-corrected chi connectivity index (χ2v) is 7.03. The van der Waals surface area contributed by atoms with E-state index < -0.39 is 11.8 Å². The van der Waals surface area contributed by atoms with Crippen molar-refractivity contribution in [3.05, 3.63) is 59.7 Å². The largest absolute Gasteiger partial charge is 0.496 e. The van der Waals surface area contributed by atoms with E-state index in [1.807, 2.05) is 0 Å². The number of nitrogens with one attached hydrogen (secondary N) is 3. The quantitative estimate of drug-likeness (QED) is 0.476. The third-order valence-corrected chi connectivity index (χ3v) is 4.15. The minimum absolute atomic E-state index is 0.0319. The summed E-state index contributed by atoms with van der Waals surface area (Å²) in [5.74, 6) is 0.853. The molecular formula is C21H25N3O4S. The highest BCUT2D eigenvalue weighted by Gasteiger charge is 2.13. The number of rotatable bonds is 7. The minimum atomic E-state index is -0.443. The van der Waals surface area contributed by atoms with Gasteiger partial charge in [-0.3, -0.25) is 25.8 Å². The van der Waals surface area contributed by atoms with Crippen molar-refractivity contribution < 1.29 is 19.1 Å². The standard InChI is InChI=1S/C21H25N3O4S/c1-14(2)12-13-28-16-10-8-15(9-11-16)19(25)22-21(29)24-23-20(26)17-6-4-5-7-18(17)27-3/h4-11,14H,12-13H2,1-3H3,(H,23,26)(H2,22,24,25,29). The van der Waals surface area contributed by atoms with Crippen LogP contribution in [0.4, 0.5) is 0 Å². The predicted molar refractivity (Wildman–Crippen MR) is 115 cm³/mol. The molecule has 0 atom stereocenters. The fourth-order valence-corrected chi connectivity index (χ4v) is 2.48. The fourth-order valence-electron chi connectivity index (χ4n) is 2.33. The lowest BCUT2D eigenvalue weighted by Crippen LogP contribution is -2.48. The average Bonchev–Trinajstić information content (AvgIpc) is 2.72. The number of carbonyl (C=O) groups is 2. The van der Waals surface area contributed by atoms with E-state index in [9.17, 15) is 9.59 Å². The maximum absolute atomic E-state index is 12.3. The Morgan fingerprint density at radius 1 is 1.00 bits per heavy atom. The number of hydrogen-bond donors (Lipinski definition) is 3. The van der Waals surface area contributed by atoms with Crippen LogP contribution >= 0.6 is 12.2 Å². The average molecular weight is 416 g/mol. The van der Waals surface area contributed by atoms with Crippen LogP contribution in [0.5, 0.6) is 11.5 Å². The molecule has 2 aromatic rings. The van der Waals surface area contributed by atoms with Crippen molar-refractivity contribution >= 4 is 29.1 Å². The molecule has 0 aromatic heterocycles. The first-order chi connectivity index (χ1) is 13.9. The first-order valence-electron chi connectivity index (χ1n) is 9.18. The third-order valence-electron chi connectivity index (χ3n) is 3.95. The molecule has 0 aliphatic carbocycles. The van der Waals surface area contributed by atoms with Crippen molar-refractivity contribution in [3.63, 3.8) is 0 Å². The Morgan fingerprint density at radius 3 is 2.34 bits per heavy atom. The normalized spacial score (nSPS) is 10.2. The van der Waals surface area contributed by atoms with E-state index in [2.05, 4.69) is 30.0 Å². The van der Waals surface area contributed by atoms with E-state index >= 15 is 0 Å². The van der Waals surface area contributed by atoms with Gasteiger partial charge in [0.05, 0.1) is 19.3 Å². The maximum atomic E-state index is 12.3. The Morgan fingerprint density at radius 2 is 1.69 bits per heavy atom. The van der Waals surface area contributed by atoms with E-state index in [1.54, 1.807) is 48.5 Å². The SMILES string of the molecule is COc1ccccc1C(=O)NNC(=S)NC(=O)c1ccc(OCCC(C)C)cc1. The molecule has 0 aliphatic rings. The Hall–Kier alpha value is -3.13. The lowest BCUT2D eigenvalue weighted by atomic mass is 10.1. The van der Waals surface area contributed by atoms with Gasteiger partial charge in [-0.15, -0.1) is 0 Å². The van der Waals surface area contributed by atoms with Crippen LogP contribution in [0.1, 0.15) is 41.0 Å². The van der Waals surface area contributed by atoms with E-state index in [4.69, 9.17) is 21.7 Å². The summed E-state index contributed by atoms with van der Waals surface area (Å²) in [6, 6.07) is 13.5. The molecule has 0 saturated heterocycles. The van der Waals surface area contributed by atoms with Gasteiger partial charge in [0.15, 0.2) is 5.11 Å². The van der Waals surface area contributed by atoms with Crippen molar-refractivity contribution in [2.45, 2.75) is 20.3 Å². The number of carbonyl (C=O) groups excluding carboxylic acids is 2. The Balaban J connectivity index is 1.82. The van der Waals surface area contributed by atoms with Gasteiger partial charge in [-0.25, -0.2) is 0 Å². The maximum Gasteiger partial charge on any atom is 0.273 e. The van der Waals surface area contributed by atoms with Crippen molar-refractivity contribution in [3.8, 4) is 11.5 Å². The molecule has 7 nitrogen and oxygen atoms in total. The number of amides is 2. The molecule has 0 bridgehead atoms. The second-order valence-electron chi connectivity index (χ2n) is 6.62. The molecule has 3 N–H and O–H groups in total. The number of thiocarbonyl (C=S) groups is 1. The molecule has 2 rings (SSSR count). The van der Waals surface area contributed by atoms with Crippen molar-refractivity contribution in [1.82, 2.24) is 16.2 Å². The highest BCUT2D eigenvalue weighted by atomic mass is 32.1. The van der Waals surface area contributed by atoms with Gasteiger partial charge in [0.2, 0.25) is 0 Å². The van der Waals surface area contributed by atoms with Gasteiger partial charge in [-0.05, 0) is 61.0 Å². The van der Waals surface area contributed by atoms with Gasteiger partial charge < -0.3 is 9.47 Å². The molecule has 0 radical (unpaired) electrons. The molecule has 154 valence electrons. The van der Waals surface area contributed by atoms with Crippen LogP contribution in [-0.4, -0.2) is 30.6 Å². The first-order valence-corrected chi connectivity index (χ1v) is 9.59. The zero-order valence-electron chi connectivity index (χ0n) is 16.7. The summed E-state index contributed by atoms with van der Waals surface area (Å²) in [6.45, 7) is 4.89. The molecule has 2 amide bonds. The Kier molecular flexibility index (Phi) is 8.42. The lowest BCUT2D eigenvalue weighted by molar-refractivity contribution is 0.0932. The predicted octanol–water partition coefficient (Wildman–Crippen LogP) is 3.07. The van der Waals surface area contributed by atoms with E-state index in [0.717, 1.165) is 6.42 Å². The van der Waals surface area contributed by atoms with Gasteiger partial charge >= 0.3 is 0 Å². The number of ether oxygens (including phenoxy) is 2. The number of hydrazine groups is 1. The Bertz CT molecular complexity index is 853. The third kappa shape index (κ3) is 7.08. The summed E-state index contributed by atoms with van der Waals surface area (Å²) < 4.78 is 10.8. The molecule has 0 saturated carbocycles. The number of benzene rings is 2. The van der Waals surface area contributed by atoms with Gasteiger partial charge in [0.1, 0.15) is 11.5 Å². The van der Waals surface area contributed by atoms with Gasteiger partial charge in [0.25, 0.3) is 11.8 Å². The molecule has 0 fully saturated rings. The van der Waals surface area contributed by atoms with Crippen LogP contribution in [0.2, 0.25) is 0 Å². The molecule has 0 aliphatic heterocycles. The number of methoxy groups -OCH3 is 1. The second kappa shape index (κ2) is 11.0. The van der Waals surface area contributed by atoms with Crippen LogP contribution in [0.3, 0.4) is 0 Å². The summed E-state index contributed by atoms with van der Waals surface area (Å²) in [7, 11) is 1.48. The van der Waals surface area contributed by atoms with Gasteiger partial charge in [-0.2, -0.15) is 0 Å². The summed E-state index contributed by atoms with van der Waals surface area (Å²) in [5.41, 5.74) is 5.68. The van der Waals surface area contributed by atoms with Gasteiger partial charge in [-0.1, -0.05) is 26.0 Å². The summed E-state index contributed by atoms with van der Waals surface area (Å²) in [4.78, 5) is 24.5. The van der Waals surface area contributed by atoms with Crippen LogP contribution in [0.25, 0.3) is 0 Å². The van der Waals surface area contributed by atoms with E-state index in [1.165, 1.54) is 7.11 Å². The first kappa shape index (κ1) is 22.2. The Labute approximate surface area is 175 Å². The summed E-state index contributed by atoms with van der Waals surface area (Å²) in [5, 5.41) is 2.47. The molecule has 0 unspecified atom stereocenters. The van der Waals surface area contributed by atoms with Crippen molar-refractivity contribution in [1.29, 1.82) is 0 Å². The van der Waals surface area contributed by atoms with E-state index in [0.29, 0.717) is 35.2 Å². The zero-order chi connectivity index (χ0) is 21.2. The summed E-state index contributed by atoms with van der Waals surface area (Å²) in [6.07, 6.45) is 0.961. The smallest absolute Gasteiger partial charge is 0.273 e. The molecule has 0 heterocycles. The van der Waals surface area contributed by atoms with Crippen LogP contribution in [0.15, 0.2) is 48.5 Å². The molecule has 8 heteroatoms. The highest BCUT2D eigenvalue weighted by molar-refractivity contribution is 7.80. The van der Waals surface area contributed by atoms with Crippen LogP contribution in [0, 0.1) is 5.92 Å². The fraction of sp³-hybridized carbons (Fsp3) is 0.286. The van der Waals surface area contributed by atoms with E-state index in [-0.39, 0.29) is 5.11 Å². The number of hydrogen-bond acceptors (Lipinski definition) is 5. The molecule has 0 spiro atoms. The molecular weight excluding hydrogens is 390 g/mol. The van der Waals surface area contributed by atoms with Crippen molar-refractivity contribution in [2.24, 2.45) is 5.92 Å². The molecule has 2 aromatic carbocycles. The summed E-state index contributed by atoms with van der Waals surface area (Å²) >= 11 is 5.05. The zero-order valence-corrected chi connectivity index (χ0v) is 17.5. The van der Waals surface area contributed by atoms with Crippen LogP contribution in [-0.2, 0) is 0 Å². The van der Waals surface area contributed by atoms with Crippen molar-refractivity contribution in [2.75, 3.05) is 13.7 Å². The minimum Gasteiger partial charge on any atom is -0.496 e. The monoisotopic (exact) mass is 415 g/mol. The molecule has 29 heavy (non-hydrogen) atoms. The number of para-hydroxylation sites is 1. The van der Waals surface area contributed by atoms with Crippen LogP contribution < -0.4 is 25.6 Å². The highest BCUT2D eigenvalue weighted by Crippen LogP contribution is 2.16. The topological polar surface area (TPSA) is 88.7 Å².